The first-order valence-corrected chi connectivity index (χ1v) is 6.86. The highest BCUT2D eigenvalue weighted by Gasteiger charge is 2.19. The molecule has 2 heteroatoms. The van der Waals surface area contributed by atoms with Crippen LogP contribution in [-0.4, -0.2) is 26.2 Å². The van der Waals surface area contributed by atoms with Gasteiger partial charge in [0.2, 0.25) is 0 Å². The van der Waals surface area contributed by atoms with Gasteiger partial charge in [0.05, 0.1) is 0 Å². The third-order valence-electron chi connectivity index (χ3n) is 3.85. The molecule has 88 valence electrons. The lowest BCUT2D eigenvalue weighted by Crippen LogP contribution is -2.29. The van der Waals surface area contributed by atoms with Gasteiger partial charge in [-0.25, -0.2) is 0 Å². The van der Waals surface area contributed by atoms with Gasteiger partial charge in [0, 0.05) is 0 Å². The maximum Gasteiger partial charge on any atom is -0.00463 e. The summed E-state index contributed by atoms with van der Waals surface area (Å²) in [5.41, 5.74) is 0. The van der Waals surface area contributed by atoms with Crippen molar-refractivity contribution in [3.05, 3.63) is 0 Å². The Labute approximate surface area is 94.2 Å². The van der Waals surface area contributed by atoms with Gasteiger partial charge in [0.25, 0.3) is 0 Å². The minimum atomic E-state index is 0.988. The van der Waals surface area contributed by atoms with Crippen LogP contribution in [0.15, 0.2) is 0 Å². The fourth-order valence-electron chi connectivity index (χ4n) is 2.52. The van der Waals surface area contributed by atoms with E-state index < -0.39 is 0 Å². The minimum absolute atomic E-state index is 0.988. The second kappa shape index (κ2) is 6.49. The van der Waals surface area contributed by atoms with E-state index in [1.165, 1.54) is 71.1 Å². The molecule has 2 N–H and O–H groups in total. The van der Waals surface area contributed by atoms with E-state index in [4.69, 9.17) is 0 Å². The van der Waals surface area contributed by atoms with Gasteiger partial charge in [0.1, 0.15) is 0 Å². The van der Waals surface area contributed by atoms with E-state index in [1.54, 1.807) is 0 Å². The van der Waals surface area contributed by atoms with Gasteiger partial charge in [-0.15, -0.1) is 0 Å². The number of rotatable bonds is 7. The van der Waals surface area contributed by atoms with Crippen molar-refractivity contribution in [1.29, 1.82) is 0 Å². The molecule has 0 unspecified atom stereocenters. The third-order valence-corrected chi connectivity index (χ3v) is 3.85. The summed E-state index contributed by atoms with van der Waals surface area (Å²) >= 11 is 0. The Kier molecular flexibility index (Phi) is 4.94. The van der Waals surface area contributed by atoms with Crippen LogP contribution in [0.4, 0.5) is 0 Å². The summed E-state index contributed by atoms with van der Waals surface area (Å²) in [7, 11) is 0. The molecular formula is C13H26N2. The Balaban J connectivity index is 1.37. The first-order valence-electron chi connectivity index (χ1n) is 6.86. The Bertz CT molecular complexity index is 160. The molecule has 0 amide bonds. The SMILES string of the molecule is C(CNCCC1CCNCC1)CC1CC1. The monoisotopic (exact) mass is 210 g/mol. The van der Waals surface area contributed by atoms with Crippen LogP contribution in [0, 0.1) is 11.8 Å². The zero-order valence-electron chi connectivity index (χ0n) is 9.93. The van der Waals surface area contributed by atoms with E-state index in [0.717, 1.165) is 11.8 Å². The van der Waals surface area contributed by atoms with Crippen LogP contribution >= 0.6 is 0 Å². The molecule has 0 radical (unpaired) electrons. The molecule has 0 aromatic rings. The van der Waals surface area contributed by atoms with Gasteiger partial charge < -0.3 is 10.6 Å². The standard InChI is InChI=1S/C13H26N2/c1(2-12-3-4-12)8-14-9-5-13-6-10-15-11-7-13/h12-15H,1-11H2. The molecule has 1 saturated heterocycles. The fraction of sp³-hybridized carbons (Fsp3) is 1.00. The van der Waals surface area contributed by atoms with Crippen LogP contribution in [0.25, 0.3) is 0 Å². The highest BCUT2D eigenvalue weighted by molar-refractivity contribution is 4.73. The largest absolute Gasteiger partial charge is 0.317 e. The van der Waals surface area contributed by atoms with E-state index in [0.29, 0.717) is 0 Å². The molecule has 0 aromatic carbocycles. The van der Waals surface area contributed by atoms with E-state index in [9.17, 15) is 0 Å². The van der Waals surface area contributed by atoms with Crippen LogP contribution in [0.2, 0.25) is 0 Å². The molecule has 1 heterocycles. The van der Waals surface area contributed by atoms with Crippen molar-refractivity contribution in [2.24, 2.45) is 11.8 Å². The van der Waals surface area contributed by atoms with Gasteiger partial charge in [-0.05, 0) is 70.1 Å². The number of nitrogens with one attached hydrogen (secondary N) is 2. The summed E-state index contributed by atoms with van der Waals surface area (Å²) in [4.78, 5) is 0. The molecular weight excluding hydrogens is 184 g/mol. The number of hydrogen-bond acceptors (Lipinski definition) is 2. The molecule has 2 fully saturated rings. The minimum Gasteiger partial charge on any atom is -0.317 e. The van der Waals surface area contributed by atoms with Crippen LogP contribution in [-0.2, 0) is 0 Å². The van der Waals surface area contributed by atoms with E-state index in [1.807, 2.05) is 0 Å². The summed E-state index contributed by atoms with van der Waals surface area (Å²) in [6, 6.07) is 0. The summed E-state index contributed by atoms with van der Waals surface area (Å²) in [6.45, 7) is 4.98. The molecule has 2 rings (SSSR count). The molecule has 2 aliphatic rings. The van der Waals surface area contributed by atoms with Crippen molar-refractivity contribution in [2.75, 3.05) is 26.2 Å². The van der Waals surface area contributed by atoms with E-state index in [-0.39, 0.29) is 0 Å². The quantitative estimate of drug-likeness (QED) is 0.629. The van der Waals surface area contributed by atoms with E-state index in [2.05, 4.69) is 10.6 Å². The zero-order valence-corrected chi connectivity index (χ0v) is 9.93. The molecule has 1 aliphatic heterocycles. The number of hydrogen-bond donors (Lipinski definition) is 2. The molecule has 15 heavy (non-hydrogen) atoms. The maximum atomic E-state index is 3.60. The molecule has 0 spiro atoms. The van der Waals surface area contributed by atoms with Crippen LogP contribution < -0.4 is 10.6 Å². The van der Waals surface area contributed by atoms with Crippen molar-refractivity contribution in [3.63, 3.8) is 0 Å². The van der Waals surface area contributed by atoms with Crippen LogP contribution in [0.5, 0.6) is 0 Å². The predicted octanol–water partition coefficient (Wildman–Crippen LogP) is 2.16. The van der Waals surface area contributed by atoms with Crippen LogP contribution in [0.1, 0.15) is 44.9 Å². The second-order valence-electron chi connectivity index (χ2n) is 5.32. The lowest BCUT2D eigenvalue weighted by molar-refractivity contribution is 0.348. The van der Waals surface area contributed by atoms with Gasteiger partial charge in [-0.3, -0.25) is 0 Å². The molecule has 1 saturated carbocycles. The lowest BCUT2D eigenvalue weighted by Gasteiger charge is -2.22. The fourth-order valence-corrected chi connectivity index (χ4v) is 2.52. The number of piperidine rings is 1. The molecule has 0 aromatic heterocycles. The van der Waals surface area contributed by atoms with Gasteiger partial charge >= 0.3 is 0 Å². The summed E-state index contributed by atoms with van der Waals surface area (Å²) < 4.78 is 0. The summed E-state index contributed by atoms with van der Waals surface area (Å²) in [5, 5.41) is 7.02. The van der Waals surface area contributed by atoms with Gasteiger partial charge in [-0.2, -0.15) is 0 Å². The predicted molar refractivity (Wildman–Crippen MR) is 65.0 cm³/mol. The Morgan fingerprint density at radius 3 is 2.33 bits per heavy atom. The van der Waals surface area contributed by atoms with Crippen LogP contribution in [0.3, 0.4) is 0 Å². The Morgan fingerprint density at radius 1 is 0.867 bits per heavy atom. The third kappa shape index (κ3) is 4.98. The molecule has 0 atom stereocenters. The van der Waals surface area contributed by atoms with Crippen molar-refractivity contribution in [2.45, 2.75) is 44.9 Å². The van der Waals surface area contributed by atoms with Crippen molar-refractivity contribution in [1.82, 2.24) is 10.6 Å². The van der Waals surface area contributed by atoms with Gasteiger partial charge in [0.15, 0.2) is 0 Å². The Morgan fingerprint density at radius 2 is 1.60 bits per heavy atom. The average Bonchev–Trinajstić information content (AvgIpc) is 3.09. The first kappa shape index (κ1) is 11.4. The van der Waals surface area contributed by atoms with Gasteiger partial charge in [-0.1, -0.05) is 12.8 Å². The smallest absolute Gasteiger partial charge is 0.00463 e. The normalized spacial score (nSPS) is 23.2. The highest BCUT2D eigenvalue weighted by atomic mass is 14.9. The van der Waals surface area contributed by atoms with E-state index >= 15 is 0 Å². The molecule has 1 aliphatic carbocycles. The molecule has 0 bridgehead atoms. The summed E-state index contributed by atoms with van der Waals surface area (Å²) in [5.74, 6) is 2.10. The maximum absolute atomic E-state index is 3.60. The summed E-state index contributed by atoms with van der Waals surface area (Å²) in [6.07, 6.45) is 10.1. The highest BCUT2D eigenvalue weighted by Crippen LogP contribution is 2.33. The Hall–Kier alpha value is -0.0800. The topological polar surface area (TPSA) is 24.1 Å². The lowest BCUT2D eigenvalue weighted by atomic mass is 9.95. The van der Waals surface area contributed by atoms with Crippen molar-refractivity contribution >= 4 is 0 Å². The van der Waals surface area contributed by atoms with Crippen molar-refractivity contribution in [3.8, 4) is 0 Å². The van der Waals surface area contributed by atoms with Crippen molar-refractivity contribution < 1.29 is 0 Å². The zero-order chi connectivity index (χ0) is 10.3. The molecule has 2 nitrogen and oxygen atoms in total. The second-order valence-corrected chi connectivity index (χ2v) is 5.32. The average molecular weight is 210 g/mol. The first-order chi connectivity index (χ1) is 7.45.